The van der Waals surface area contributed by atoms with Crippen molar-refractivity contribution in [3.8, 4) is 0 Å². The van der Waals surface area contributed by atoms with E-state index < -0.39 is 30.4 Å². The molecule has 1 aliphatic heterocycles. The van der Waals surface area contributed by atoms with Gasteiger partial charge in [-0.15, -0.1) is 0 Å². The second-order valence-electron chi connectivity index (χ2n) is 3.79. The van der Waals surface area contributed by atoms with E-state index in [1.807, 2.05) is 0 Å². The molecule has 0 unspecified atom stereocenters. The number of halogens is 3. The van der Waals surface area contributed by atoms with Crippen molar-refractivity contribution in [1.29, 1.82) is 0 Å². The summed E-state index contributed by atoms with van der Waals surface area (Å²) in [5, 5.41) is 8.67. The fourth-order valence-corrected chi connectivity index (χ4v) is 1.66. The van der Waals surface area contributed by atoms with Crippen LogP contribution in [0.25, 0.3) is 0 Å². The average Bonchev–Trinajstić information content (AvgIpc) is 2.15. The lowest BCUT2D eigenvalue weighted by Gasteiger charge is -2.30. The van der Waals surface area contributed by atoms with E-state index in [1.165, 1.54) is 0 Å². The maximum absolute atomic E-state index is 11.9. The van der Waals surface area contributed by atoms with Crippen molar-refractivity contribution in [3.63, 3.8) is 0 Å². The van der Waals surface area contributed by atoms with Gasteiger partial charge in [0.2, 0.25) is 5.91 Å². The Kier molecular flexibility index (Phi) is 3.77. The lowest BCUT2D eigenvalue weighted by Crippen LogP contribution is -2.41. The molecular weight excluding hydrogens is 227 g/mol. The largest absolute Gasteiger partial charge is 0.481 e. The number of carbonyl (C=O) groups excluding carboxylic acids is 1. The number of carboxylic acids is 1. The summed E-state index contributed by atoms with van der Waals surface area (Å²) in [6.07, 6.45) is -5.52. The molecule has 92 valence electrons. The molecule has 0 aromatic heterocycles. The van der Waals surface area contributed by atoms with Crippen LogP contribution in [-0.4, -0.2) is 41.1 Å². The third kappa shape index (κ3) is 3.71. The van der Waals surface area contributed by atoms with E-state index in [4.69, 9.17) is 5.11 Å². The summed E-state index contributed by atoms with van der Waals surface area (Å²) < 4.78 is 35.8. The van der Waals surface area contributed by atoms with Crippen LogP contribution in [0.5, 0.6) is 0 Å². The van der Waals surface area contributed by atoms with Crippen molar-refractivity contribution in [2.24, 2.45) is 5.92 Å². The van der Waals surface area contributed by atoms with Crippen molar-refractivity contribution in [3.05, 3.63) is 0 Å². The Morgan fingerprint density at radius 3 is 2.12 bits per heavy atom. The lowest BCUT2D eigenvalue weighted by atomic mass is 9.97. The van der Waals surface area contributed by atoms with E-state index in [0.29, 0.717) is 0 Å². The predicted molar refractivity (Wildman–Crippen MR) is 47.6 cm³/mol. The van der Waals surface area contributed by atoms with Gasteiger partial charge in [0.05, 0.1) is 5.92 Å². The van der Waals surface area contributed by atoms with E-state index in [0.717, 1.165) is 4.90 Å². The van der Waals surface area contributed by atoms with Gasteiger partial charge in [-0.2, -0.15) is 13.2 Å². The maximum atomic E-state index is 11.9. The third-order valence-electron chi connectivity index (χ3n) is 2.55. The van der Waals surface area contributed by atoms with E-state index in [1.54, 1.807) is 0 Å². The van der Waals surface area contributed by atoms with Crippen LogP contribution < -0.4 is 0 Å². The van der Waals surface area contributed by atoms with Crippen LogP contribution in [0.1, 0.15) is 19.3 Å². The Hall–Kier alpha value is -1.27. The molecule has 1 amide bonds. The molecule has 1 N–H and O–H groups in total. The molecule has 0 atom stereocenters. The summed E-state index contributed by atoms with van der Waals surface area (Å²) in [7, 11) is 0. The molecule has 1 fully saturated rings. The first-order valence-corrected chi connectivity index (χ1v) is 4.87. The molecule has 1 aliphatic rings. The number of hydrogen-bond donors (Lipinski definition) is 1. The number of rotatable bonds is 2. The highest BCUT2D eigenvalue weighted by molar-refractivity contribution is 5.77. The zero-order valence-corrected chi connectivity index (χ0v) is 8.46. The molecular formula is C9H12F3NO3. The smallest absolute Gasteiger partial charge is 0.397 e. The van der Waals surface area contributed by atoms with Crippen LogP contribution in [0, 0.1) is 5.92 Å². The second kappa shape index (κ2) is 4.71. The van der Waals surface area contributed by atoms with Crippen LogP contribution >= 0.6 is 0 Å². The van der Waals surface area contributed by atoms with Gasteiger partial charge < -0.3 is 10.0 Å². The lowest BCUT2D eigenvalue weighted by molar-refractivity contribution is -0.163. The molecule has 0 aromatic rings. The molecule has 0 aliphatic carbocycles. The van der Waals surface area contributed by atoms with Crippen LogP contribution in [0.4, 0.5) is 13.2 Å². The summed E-state index contributed by atoms with van der Waals surface area (Å²) in [4.78, 5) is 22.8. The number of nitrogens with zero attached hydrogens (tertiary/aromatic N) is 1. The van der Waals surface area contributed by atoms with Crippen molar-refractivity contribution < 1.29 is 27.9 Å². The Balaban J connectivity index is 2.42. The average molecular weight is 239 g/mol. The Labute approximate surface area is 90.0 Å². The first-order valence-electron chi connectivity index (χ1n) is 4.87. The van der Waals surface area contributed by atoms with Crippen LogP contribution in [0.3, 0.4) is 0 Å². The van der Waals surface area contributed by atoms with Gasteiger partial charge in [0.25, 0.3) is 0 Å². The van der Waals surface area contributed by atoms with Gasteiger partial charge in [0.15, 0.2) is 0 Å². The number of carboxylic acid groups (broad SMARTS) is 1. The molecule has 1 saturated heterocycles. The first-order chi connectivity index (χ1) is 7.29. The van der Waals surface area contributed by atoms with Crippen LogP contribution in [0.15, 0.2) is 0 Å². The highest BCUT2D eigenvalue weighted by atomic mass is 19.4. The van der Waals surface area contributed by atoms with Crippen molar-refractivity contribution >= 4 is 11.9 Å². The van der Waals surface area contributed by atoms with Crippen molar-refractivity contribution in [2.75, 3.05) is 13.1 Å². The summed E-state index contributed by atoms with van der Waals surface area (Å²) in [5.41, 5.74) is 0. The van der Waals surface area contributed by atoms with Crippen LogP contribution in [0.2, 0.25) is 0 Å². The molecule has 1 rings (SSSR count). The van der Waals surface area contributed by atoms with Crippen molar-refractivity contribution in [2.45, 2.75) is 25.4 Å². The maximum Gasteiger partial charge on any atom is 0.397 e. The normalized spacial score (nSPS) is 18.6. The molecule has 0 aromatic carbocycles. The number of carbonyl (C=O) groups is 2. The zero-order valence-electron chi connectivity index (χ0n) is 8.46. The van der Waals surface area contributed by atoms with Crippen molar-refractivity contribution in [1.82, 2.24) is 4.90 Å². The van der Waals surface area contributed by atoms with Gasteiger partial charge in [-0.1, -0.05) is 0 Å². The second-order valence-corrected chi connectivity index (χ2v) is 3.79. The molecule has 0 spiro atoms. The van der Waals surface area contributed by atoms with E-state index in [-0.39, 0.29) is 25.9 Å². The van der Waals surface area contributed by atoms with Gasteiger partial charge >= 0.3 is 12.1 Å². The SMILES string of the molecule is O=C(O)C1CCN(C(=O)CC(F)(F)F)CC1. The Bertz CT molecular complexity index is 282. The molecule has 0 saturated carbocycles. The van der Waals surface area contributed by atoms with Gasteiger partial charge in [0, 0.05) is 13.1 Å². The number of amides is 1. The van der Waals surface area contributed by atoms with Gasteiger partial charge in [-0.25, -0.2) is 0 Å². The van der Waals surface area contributed by atoms with Gasteiger partial charge in [-0.05, 0) is 12.8 Å². The standard InChI is InChI=1S/C9H12F3NO3/c10-9(11,12)5-7(14)13-3-1-6(2-4-13)8(15)16/h6H,1-5H2,(H,15,16). The summed E-state index contributed by atoms with van der Waals surface area (Å²) in [6.45, 7) is 0.178. The minimum absolute atomic E-state index is 0.0892. The number of aliphatic carboxylic acids is 1. The molecule has 0 radical (unpaired) electrons. The van der Waals surface area contributed by atoms with Crippen LogP contribution in [-0.2, 0) is 9.59 Å². The fourth-order valence-electron chi connectivity index (χ4n) is 1.66. The van der Waals surface area contributed by atoms with E-state index >= 15 is 0 Å². The summed E-state index contributed by atoms with van der Waals surface area (Å²) in [5.74, 6) is -2.48. The van der Waals surface area contributed by atoms with Gasteiger partial charge in [0.1, 0.15) is 6.42 Å². The molecule has 0 bridgehead atoms. The minimum Gasteiger partial charge on any atom is -0.481 e. The third-order valence-corrected chi connectivity index (χ3v) is 2.55. The number of hydrogen-bond acceptors (Lipinski definition) is 2. The monoisotopic (exact) mass is 239 g/mol. The first kappa shape index (κ1) is 12.8. The Morgan fingerprint density at radius 1 is 1.25 bits per heavy atom. The Morgan fingerprint density at radius 2 is 1.75 bits per heavy atom. The molecule has 16 heavy (non-hydrogen) atoms. The summed E-state index contributed by atoms with van der Waals surface area (Å²) >= 11 is 0. The predicted octanol–water partition coefficient (Wildman–Crippen LogP) is 1.26. The fraction of sp³-hybridized carbons (Fsp3) is 0.778. The highest BCUT2D eigenvalue weighted by Gasteiger charge is 2.35. The number of likely N-dealkylation sites (tertiary alicyclic amines) is 1. The zero-order chi connectivity index (χ0) is 12.3. The molecule has 7 heteroatoms. The minimum atomic E-state index is -4.50. The number of alkyl halides is 3. The number of piperidine rings is 1. The highest BCUT2D eigenvalue weighted by Crippen LogP contribution is 2.23. The summed E-state index contributed by atoms with van der Waals surface area (Å²) in [6, 6.07) is 0. The molecule has 4 nitrogen and oxygen atoms in total. The topological polar surface area (TPSA) is 57.6 Å². The van der Waals surface area contributed by atoms with E-state index in [2.05, 4.69) is 0 Å². The molecule has 1 heterocycles. The van der Waals surface area contributed by atoms with E-state index in [9.17, 15) is 22.8 Å². The quantitative estimate of drug-likeness (QED) is 0.789. The van der Waals surface area contributed by atoms with Gasteiger partial charge in [-0.3, -0.25) is 9.59 Å².